The maximum atomic E-state index is 11.4. The van der Waals surface area contributed by atoms with Crippen LogP contribution in [0.4, 0.5) is 0 Å². The van der Waals surface area contributed by atoms with Crippen molar-refractivity contribution in [3.8, 4) is 0 Å². The van der Waals surface area contributed by atoms with Crippen LogP contribution in [0.5, 0.6) is 0 Å². The molecule has 132 valence electrons. The number of H-pyrrole nitrogens is 1. The van der Waals surface area contributed by atoms with Crippen molar-refractivity contribution in [1.82, 2.24) is 9.97 Å². The van der Waals surface area contributed by atoms with E-state index in [1.54, 1.807) is 0 Å². The van der Waals surface area contributed by atoms with Gasteiger partial charge in [0, 0.05) is 5.69 Å². The molecule has 4 rings (SSSR count). The minimum absolute atomic E-state index is 0.342. The summed E-state index contributed by atoms with van der Waals surface area (Å²) >= 11 is 0. The van der Waals surface area contributed by atoms with E-state index in [-0.39, 0.29) is 0 Å². The molecule has 1 N–H and O–H groups in total. The zero-order valence-corrected chi connectivity index (χ0v) is 15.1. The third-order valence-corrected chi connectivity index (χ3v) is 4.99. The zero-order valence-electron chi connectivity index (χ0n) is 15.1. The third kappa shape index (κ3) is 2.77. The van der Waals surface area contributed by atoms with Crippen molar-refractivity contribution >= 4 is 6.29 Å². The number of imidazole rings is 1. The average molecular weight is 352 g/mol. The number of benzene rings is 3. The van der Waals surface area contributed by atoms with Crippen LogP contribution in [-0.4, -0.2) is 16.3 Å². The molecule has 1 heterocycles. The monoisotopic (exact) mass is 352 g/mol. The van der Waals surface area contributed by atoms with Crippen LogP contribution in [0.25, 0.3) is 0 Å². The highest BCUT2D eigenvalue weighted by atomic mass is 16.1. The second-order valence-corrected chi connectivity index (χ2v) is 6.56. The maximum absolute atomic E-state index is 11.4. The van der Waals surface area contributed by atoms with Crippen LogP contribution in [-0.2, 0) is 5.41 Å². The largest absolute Gasteiger partial charge is 0.340 e. The van der Waals surface area contributed by atoms with Gasteiger partial charge in [-0.2, -0.15) is 0 Å². The van der Waals surface area contributed by atoms with Crippen molar-refractivity contribution in [1.29, 1.82) is 0 Å². The second-order valence-electron chi connectivity index (χ2n) is 6.56. The SMILES string of the molecule is Cc1[nH]c(C=O)nc1C(c1ccccc1)(c1ccccc1)c1ccccc1. The van der Waals surface area contributed by atoms with Crippen molar-refractivity contribution < 1.29 is 4.79 Å². The van der Waals surface area contributed by atoms with Gasteiger partial charge in [-0.05, 0) is 23.6 Å². The fourth-order valence-electron chi connectivity index (χ4n) is 3.88. The van der Waals surface area contributed by atoms with Crippen LogP contribution in [0.3, 0.4) is 0 Å². The molecule has 0 saturated heterocycles. The van der Waals surface area contributed by atoms with Gasteiger partial charge in [-0.1, -0.05) is 91.0 Å². The van der Waals surface area contributed by atoms with Gasteiger partial charge in [0.25, 0.3) is 0 Å². The van der Waals surface area contributed by atoms with Gasteiger partial charge in [0.2, 0.25) is 0 Å². The summed E-state index contributed by atoms with van der Waals surface area (Å²) in [6.07, 6.45) is 0.766. The summed E-state index contributed by atoms with van der Waals surface area (Å²) in [5, 5.41) is 0. The number of hydrogen-bond acceptors (Lipinski definition) is 2. The van der Waals surface area contributed by atoms with Crippen molar-refractivity contribution in [2.45, 2.75) is 12.3 Å². The third-order valence-electron chi connectivity index (χ3n) is 4.99. The first-order valence-corrected chi connectivity index (χ1v) is 8.95. The molecule has 0 fully saturated rings. The van der Waals surface area contributed by atoms with Crippen LogP contribution in [0, 0.1) is 6.92 Å². The number of carbonyl (C=O) groups excluding carboxylic acids is 1. The fourth-order valence-corrected chi connectivity index (χ4v) is 3.88. The van der Waals surface area contributed by atoms with E-state index in [4.69, 9.17) is 4.98 Å². The Kier molecular flexibility index (Phi) is 4.43. The molecule has 0 aliphatic rings. The predicted molar refractivity (Wildman–Crippen MR) is 107 cm³/mol. The lowest BCUT2D eigenvalue weighted by Crippen LogP contribution is -2.32. The van der Waals surface area contributed by atoms with Crippen LogP contribution in [0.1, 0.15) is 38.7 Å². The van der Waals surface area contributed by atoms with E-state index in [1.165, 1.54) is 0 Å². The van der Waals surface area contributed by atoms with Gasteiger partial charge in [0.05, 0.1) is 11.1 Å². The smallest absolute Gasteiger partial charge is 0.185 e. The highest BCUT2D eigenvalue weighted by Crippen LogP contribution is 2.45. The normalized spacial score (nSPS) is 11.3. The number of aryl methyl sites for hydroxylation is 1. The minimum atomic E-state index is -0.619. The van der Waals surface area contributed by atoms with Crippen molar-refractivity contribution in [2.24, 2.45) is 0 Å². The lowest BCUT2D eigenvalue weighted by Gasteiger charge is -2.35. The Labute approximate surface area is 158 Å². The molecular weight excluding hydrogens is 332 g/mol. The molecule has 3 nitrogen and oxygen atoms in total. The molecule has 0 radical (unpaired) electrons. The van der Waals surface area contributed by atoms with Crippen LogP contribution < -0.4 is 0 Å². The Morgan fingerprint density at radius 2 is 1.15 bits per heavy atom. The van der Waals surface area contributed by atoms with E-state index in [0.29, 0.717) is 5.82 Å². The zero-order chi connectivity index (χ0) is 18.7. The fraction of sp³-hybridized carbons (Fsp3) is 0.0833. The number of aromatic amines is 1. The summed E-state index contributed by atoms with van der Waals surface area (Å²) in [7, 11) is 0. The summed E-state index contributed by atoms with van der Waals surface area (Å²) in [6, 6.07) is 31.0. The Bertz CT molecular complexity index is 941. The Hall–Kier alpha value is -3.46. The molecule has 0 aliphatic carbocycles. The van der Waals surface area contributed by atoms with Crippen LogP contribution in [0.15, 0.2) is 91.0 Å². The summed E-state index contributed by atoms with van der Waals surface area (Å²) in [5.41, 5.74) is 4.42. The number of hydrogen-bond donors (Lipinski definition) is 1. The van der Waals surface area contributed by atoms with Crippen molar-refractivity contribution in [3.05, 3.63) is 125 Å². The molecule has 4 aromatic rings. The van der Waals surface area contributed by atoms with E-state index >= 15 is 0 Å². The lowest BCUT2D eigenvalue weighted by molar-refractivity contribution is 0.111. The minimum Gasteiger partial charge on any atom is -0.340 e. The first-order valence-electron chi connectivity index (χ1n) is 8.95. The number of rotatable bonds is 5. The van der Waals surface area contributed by atoms with Gasteiger partial charge in [-0.3, -0.25) is 4.79 Å². The van der Waals surface area contributed by atoms with Crippen molar-refractivity contribution in [3.63, 3.8) is 0 Å². The highest BCUT2D eigenvalue weighted by molar-refractivity contribution is 5.70. The first-order chi connectivity index (χ1) is 13.3. The Morgan fingerprint density at radius 3 is 1.48 bits per heavy atom. The molecular formula is C24H20N2O. The molecule has 0 saturated carbocycles. The lowest BCUT2D eigenvalue weighted by atomic mass is 9.67. The summed E-state index contributed by atoms with van der Waals surface area (Å²) in [5.74, 6) is 0.342. The molecule has 0 bridgehead atoms. The number of aromatic nitrogens is 2. The Morgan fingerprint density at radius 1 is 0.741 bits per heavy atom. The van der Waals surface area contributed by atoms with Crippen LogP contribution >= 0.6 is 0 Å². The molecule has 0 amide bonds. The average Bonchev–Trinajstić information content (AvgIpc) is 3.12. The molecule has 3 aromatic carbocycles. The van der Waals surface area contributed by atoms with Crippen molar-refractivity contribution in [2.75, 3.05) is 0 Å². The summed E-state index contributed by atoms with van der Waals surface area (Å²) < 4.78 is 0. The number of nitrogens with zero attached hydrogens (tertiary/aromatic N) is 1. The molecule has 3 heteroatoms. The standard InChI is InChI=1S/C24H20N2O/c1-18-23(26-22(17-27)25-18)24(19-11-5-2-6-12-19,20-13-7-3-8-14-20)21-15-9-4-10-16-21/h2-17H,1H3,(H,25,26). The van der Waals surface area contributed by atoms with E-state index < -0.39 is 5.41 Å². The summed E-state index contributed by atoms with van der Waals surface area (Å²) in [4.78, 5) is 19.3. The van der Waals surface area contributed by atoms with Gasteiger partial charge in [-0.15, -0.1) is 0 Å². The van der Waals surface area contributed by atoms with E-state index in [0.717, 1.165) is 34.4 Å². The van der Waals surface area contributed by atoms with Crippen LogP contribution in [0.2, 0.25) is 0 Å². The van der Waals surface area contributed by atoms with Gasteiger partial charge >= 0.3 is 0 Å². The van der Waals surface area contributed by atoms with Gasteiger partial charge < -0.3 is 4.98 Å². The highest BCUT2D eigenvalue weighted by Gasteiger charge is 2.41. The van der Waals surface area contributed by atoms with E-state index in [2.05, 4.69) is 41.4 Å². The van der Waals surface area contributed by atoms with Gasteiger partial charge in [-0.25, -0.2) is 4.98 Å². The molecule has 0 spiro atoms. The number of carbonyl (C=O) groups is 1. The van der Waals surface area contributed by atoms with E-state index in [9.17, 15) is 4.79 Å². The topological polar surface area (TPSA) is 45.8 Å². The predicted octanol–water partition coefficient (Wildman–Crippen LogP) is 4.91. The molecule has 0 unspecified atom stereocenters. The van der Waals surface area contributed by atoms with Gasteiger partial charge in [0.15, 0.2) is 12.1 Å². The molecule has 0 atom stereocenters. The molecule has 27 heavy (non-hydrogen) atoms. The number of aldehydes is 1. The summed E-state index contributed by atoms with van der Waals surface area (Å²) in [6.45, 7) is 1.97. The van der Waals surface area contributed by atoms with Gasteiger partial charge in [0.1, 0.15) is 0 Å². The maximum Gasteiger partial charge on any atom is 0.185 e. The number of nitrogens with one attached hydrogen (secondary N) is 1. The first kappa shape index (κ1) is 17.0. The molecule has 1 aromatic heterocycles. The quantitative estimate of drug-likeness (QED) is 0.410. The van der Waals surface area contributed by atoms with E-state index in [1.807, 2.05) is 61.5 Å². The molecule has 0 aliphatic heterocycles. The second kappa shape index (κ2) is 7.04. The Balaban J connectivity index is 2.16.